The number of alkyl carbamates (subject to hydrolysis) is 1. The summed E-state index contributed by atoms with van der Waals surface area (Å²) in [5, 5.41) is 2.87. The molecule has 0 saturated heterocycles. The molecule has 132 valence electrons. The van der Waals surface area contributed by atoms with Gasteiger partial charge in [-0.15, -0.1) is 0 Å². The molecule has 0 spiro atoms. The number of benzene rings is 1. The van der Waals surface area contributed by atoms with Crippen molar-refractivity contribution in [3.05, 3.63) is 35.9 Å². The van der Waals surface area contributed by atoms with E-state index in [-0.39, 0.29) is 24.5 Å². The Labute approximate surface area is 143 Å². The number of hydrogen-bond acceptors (Lipinski definition) is 4. The summed E-state index contributed by atoms with van der Waals surface area (Å²) < 4.78 is 10.7. The quantitative estimate of drug-likeness (QED) is 0.851. The Kier molecular flexibility index (Phi) is 6.23. The zero-order valence-corrected chi connectivity index (χ0v) is 14.7. The van der Waals surface area contributed by atoms with E-state index in [1.165, 1.54) is 0 Å². The summed E-state index contributed by atoms with van der Waals surface area (Å²) in [7, 11) is 0. The van der Waals surface area contributed by atoms with Gasteiger partial charge in [-0.25, -0.2) is 4.79 Å². The van der Waals surface area contributed by atoms with Crippen molar-refractivity contribution in [1.29, 1.82) is 0 Å². The fraction of sp³-hybridized carbons (Fsp3) is 0.579. The highest BCUT2D eigenvalue weighted by atomic mass is 16.6. The highest BCUT2D eigenvalue weighted by molar-refractivity contribution is 5.73. The zero-order valence-electron chi connectivity index (χ0n) is 14.7. The third-order valence-corrected chi connectivity index (χ3v) is 3.95. The van der Waals surface area contributed by atoms with Crippen molar-refractivity contribution < 1.29 is 19.1 Å². The number of amides is 1. The Morgan fingerprint density at radius 3 is 2.54 bits per heavy atom. The molecule has 0 aromatic heterocycles. The first-order chi connectivity index (χ1) is 11.3. The molecule has 1 fully saturated rings. The van der Waals surface area contributed by atoms with Crippen LogP contribution in [0.15, 0.2) is 30.3 Å². The van der Waals surface area contributed by atoms with Crippen molar-refractivity contribution in [1.82, 2.24) is 5.32 Å². The molecular formula is C19H27NO4. The van der Waals surface area contributed by atoms with Gasteiger partial charge in [0.05, 0.1) is 5.92 Å². The van der Waals surface area contributed by atoms with Crippen molar-refractivity contribution in [2.45, 2.75) is 64.7 Å². The molecule has 1 amide bonds. The van der Waals surface area contributed by atoms with Crippen molar-refractivity contribution in [2.75, 3.05) is 0 Å². The molecule has 2 rings (SSSR count). The maximum atomic E-state index is 12.2. The standard InChI is InChI=1S/C19H27NO4/c1-19(2,3)24-17(21)15-10-7-11-16(12-15)20-18(22)23-13-14-8-5-4-6-9-14/h4-6,8-9,15-16H,7,10-13H2,1-3H3,(H,20,22)/t15-,16+/m0/s1. The van der Waals surface area contributed by atoms with E-state index in [2.05, 4.69) is 5.32 Å². The van der Waals surface area contributed by atoms with Crippen LogP contribution in [0.25, 0.3) is 0 Å². The summed E-state index contributed by atoms with van der Waals surface area (Å²) in [6, 6.07) is 9.51. The number of ether oxygens (including phenoxy) is 2. The number of esters is 1. The van der Waals surface area contributed by atoms with Gasteiger partial charge in [-0.05, 0) is 45.6 Å². The summed E-state index contributed by atoms with van der Waals surface area (Å²) in [4.78, 5) is 24.1. The van der Waals surface area contributed by atoms with Crippen molar-refractivity contribution in [3.8, 4) is 0 Å². The first-order valence-corrected chi connectivity index (χ1v) is 8.53. The van der Waals surface area contributed by atoms with Gasteiger partial charge in [0.2, 0.25) is 0 Å². The minimum atomic E-state index is -0.480. The highest BCUT2D eigenvalue weighted by Crippen LogP contribution is 2.27. The number of rotatable bonds is 4. The molecule has 24 heavy (non-hydrogen) atoms. The normalized spacial score (nSPS) is 21.0. The molecule has 2 atom stereocenters. The number of nitrogens with one attached hydrogen (secondary N) is 1. The van der Waals surface area contributed by atoms with E-state index in [9.17, 15) is 9.59 Å². The molecule has 0 unspecified atom stereocenters. The van der Waals surface area contributed by atoms with Gasteiger partial charge in [-0.3, -0.25) is 4.79 Å². The highest BCUT2D eigenvalue weighted by Gasteiger charge is 2.31. The van der Waals surface area contributed by atoms with Gasteiger partial charge < -0.3 is 14.8 Å². The average Bonchev–Trinajstić information content (AvgIpc) is 2.52. The lowest BCUT2D eigenvalue weighted by molar-refractivity contribution is -0.161. The molecule has 1 aromatic carbocycles. The summed E-state index contributed by atoms with van der Waals surface area (Å²) >= 11 is 0. The molecule has 0 radical (unpaired) electrons. The molecular weight excluding hydrogens is 306 g/mol. The lowest BCUT2D eigenvalue weighted by Crippen LogP contribution is -2.41. The average molecular weight is 333 g/mol. The maximum absolute atomic E-state index is 12.2. The summed E-state index contributed by atoms with van der Waals surface area (Å²) in [6.45, 7) is 5.84. The van der Waals surface area contributed by atoms with Crippen LogP contribution in [0, 0.1) is 5.92 Å². The van der Waals surface area contributed by atoms with Crippen LogP contribution in [0.4, 0.5) is 4.79 Å². The monoisotopic (exact) mass is 333 g/mol. The van der Waals surface area contributed by atoms with Crippen LogP contribution in [0.2, 0.25) is 0 Å². The van der Waals surface area contributed by atoms with Gasteiger partial charge in [0.1, 0.15) is 12.2 Å². The molecule has 0 heterocycles. The minimum Gasteiger partial charge on any atom is -0.460 e. The SMILES string of the molecule is CC(C)(C)OC(=O)[C@H]1CCC[C@@H](NC(=O)OCc2ccccc2)C1. The molecule has 1 aliphatic rings. The zero-order chi connectivity index (χ0) is 17.6. The Morgan fingerprint density at radius 1 is 1.17 bits per heavy atom. The topological polar surface area (TPSA) is 64.6 Å². The van der Waals surface area contributed by atoms with E-state index in [0.29, 0.717) is 6.42 Å². The molecule has 5 heteroatoms. The van der Waals surface area contributed by atoms with Crippen molar-refractivity contribution in [2.24, 2.45) is 5.92 Å². The maximum Gasteiger partial charge on any atom is 0.407 e. The smallest absolute Gasteiger partial charge is 0.407 e. The molecule has 5 nitrogen and oxygen atoms in total. The minimum absolute atomic E-state index is 0.0421. The number of carbonyl (C=O) groups excluding carboxylic acids is 2. The molecule has 0 aliphatic heterocycles. The summed E-state index contributed by atoms with van der Waals surface area (Å²) in [5.41, 5.74) is 0.467. The van der Waals surface area contributed by atoms with E-state index < -0.39 is 11.7 Å². The Balaban J connectivity index is 1.77. The molecule has 1 N–H and O–H groups in total. The second-order valence-corrected chi connectivity index (χ2v) is 7.30. The summed E-state index contributed by atoms with van der Waals surface area (Å²) in [6.07, 6.45) is 2.74. The number of carbonyl (C=O) groups is 2. The van der Waals surface area contributed by atoms with Gasteiger partial charge in [-0.2, -0.15) is 0 Å². The first kappa shape index (κ1) is 18.3. The molecule has 1 aromatic rings. The third-order valence-electron chi connectivity index (χ3n) is 3.95. The van der Waals surface area contributed by atoms with Crippen LogP contribution in [0.5, 0.6) is 0 Å². The summed E-state index contributed by atoms with van der Waals surface area (Å²) in [5.74, 6) is -0.330. The van der Waals surface area contributed by atoms with Gasteiger partial charge in [0, 0.05) is 6.04 Å². The van der Waals surface area contributed by atoms with Crippen molar-refractivity contribution >= 4 is 12.1 Å². The predicted octanol–water partition coefficient (Wildman–Crippen LogP) is 3.81. The molecule has 1 aliphatic carbocycles. The fourth-order valence-electron chi connectivity index (χ4n) is 2.85. The van der Waals surface area contributed by atoms with Crippen molar-refractivity contribution in [3.63, 3.8) is 0 Å². The van der Waals surface area contributed by atoms with Crippen LogP contribution in [-0.4, -0.2) is 23.7 Å². The fourth-order valence-corrected chi connectivity index (χ4v) is 2.85. The Bertz CT molecular complexity index is 550. The van der Waals surface area contributed by atoms with Gasteiger partial charge >= 0.3 is 12.1 Å². The number of hydrogen-bond donors (Lipinski definition) is 1. The van der Waals surface area contributed by atoms with E-state index >= 15 is 0 Å². The van der Waals surface area contributed by atoms with E-state index in [1.807, 2.05) is 51.1 Å². The lowest BCUT2D eigenvalue weighted by atomic mass is 9.85. The molecule has 1 saturated carbocycles. The second kappa shape index (κ2) is 8.18. The van der Waals surface area contributed by atoms with E-state index in [0.717, 1.165) is 24.8 Å². The van der Waals surface area contributed by atoms with Crippen LogP contribution in [-0.2, 0) is 20.9 Å². The van der Waals surface area contributed by atoms with Crippen LogP contribution < -0.4 is 5.32 Å². The largest absolute Gasteiger partial charge is 0.460 e. The lowest BCUT2D eigenvalue weighted by Gasteiger charge is -2.30. The Hall–Kier alpha value is -2.04. The molecule has 0 bridgehead atoms. The third kappa shape index (κ3) is 6.22. The predicted molar refractivity (Wildman–Crippen MR) is 91.4 cm³/mol. The van der Waals surface area contributed by atoms with E-state index in [4.69, 9.17) is 9.47 Å². The Morgan fingerprint density at radius 2 is 1.88 bits per heavy atom. The van der Waals surface area contributed by atoms with E-state index in [1.54, 1.807) is 0 Å². The van der Waals surface area contributed by atoms with Gasteiger partial charge in [0.25, 0.3) is 0 Å². The van der Waals surface area contributed by atoms with Gasteiger partial charge in [0.15, 0.2) is 0 Å². The van der Waals surface area contributed by atoms with Gasteiger partial charge in [-0.1, -0.05) is 36.8 Å². The van der Waals surface area contributed by atoms with Crippen LogP contribution in [0.3, 0.4) is 0 Å². The second-order valence-electron chi connectivity index (χ2n) is 7.30. The van der Waals surface area contributed by atoms with Crippen LogP contribution in [0.1, 0.15) is 52.0 Å². The first-order valence-electron chi connectivity index (χ1n) is 8.53. The van der Waals surface area contributed by atoms with Crippen LogP contribution >= 0.6 is 0 Å².